The molecule has 0 unspecified atom stereocenters. The van der Waals surface area contributed by atoms with Crippen LogP contribution in [0.25, 0.3) is 0 Å². The summed E-state index contributed by atoms with van der Waals surface area (Å²) < 4.78 is 38.8. The molecule has 0 aliphatic heterocycles. The average molecular weight is 280 g/mol. The maximum atomic E-state index is 7.75. The van der Waals surface area contributed by atoms with Crippen LogP contribution in [0.1, 0.15) is 0 Å². The third-order valence-electron chi connectivity index (χ3n) is 0. The van der Waals surface area contributed by atoms with Crippen molar-refractivity contribution in [3.8, 4) is 33.3 Å². The maximum Gasteiger partial charge on any atom is 0 e. The minimum atomic E-state index is 0. The van der Waals surface area contributed by atoms with E-state index in [0.29, 0.717) is 0 Å². The van der Waals surface area contributed by atoms with Gasteiger partial charge in [0.1, 0.15) is 0 Å². The minimum Gasteiger partial charge on any atom is -1.00 e. The molecule has 65 valence electrons. The van der Waals surface area contributed by atoms with Crippen LogP contribution in [0, 0.1) is 33.3 Å². The van der Waals surface area contributed by atoms with E-state index >= 15 is 0 Å². The zero-order valence-electron chi connectivity index (χ0n) is 5.68. The Balaban J connectivity index is -0.00000000500. The van der Waals surface area contributed by atoms with Gasteiger partial charge in [0.2, 0.25) is 0 Å². The SMILES string of the molecule is C#[O+].C#[O+].C#[O+].C#[O+].C#[O+].[Br-].[Mn]. The molecule has 5 nitrogen and oxygen atoms in total. The molecule has 7 heteroatoms. The molecule has 0 N–H and O–H groups in total. The largest absolute Gasteiger partial charge is 1.00 e. The molecule has 0 heterocycles. The summed E-state index contributed by atoms with van der Waals surface area (Å²) in [6.45, 7) is 16.2. The fourth-order valence-corrected chi connectivity index (χ4v) is 0. The van der Waals surface area contributed by atoms with Gasteiger partial charge in [-0.2, -0.15) is 0 Å². The molecule has 0 atom stereocenters. The number of rotatable bonds is 0. The van der Waals surface area contributed by atoms with Gasteiger partial charge in [-0.1, -0.05) is 0 Å². The summed E-state index contributed by atoms with van der Waals surface area (Å²) in [5, 5.41) is 0. The summed E-state index contributed by atoms with van der Waals surface area (Å²) >= 11 is 0. The van der Waals surface area contributed by atoms with Crippen LogP contribution in [0.5, 0.6) is 0 Å². The van der Waals surface area contributed by atoms with E-state index in [9.17, 15) is 0 Å². The molecule has 12 heavy (non-hydrogen) atoms. The zero-order chi connectivity index (χ0) is 10.0. The van der Waals surface area contributed by atoms with Crippen molar-refractivity contribution in [1.82, 2.24) is 0 Å². The fraction of sp³-hybridized carbons (Fsp3) is 0. The minimum absolute atomic E-state index is 0. The molecule has 0 aromatic heterocycles. The first-order valence-corrected chi connectivity index (χ1v) is 1.18. The fourth-order valence-electron chi connectivity index (χ4n) is 0. The van der Waals surface area contributed by atoms with Crippen molar-refractivity contribution >= 4 is 0 Å². The molecule has 0 spiro atoms. The van der Waals surface area contributed by atoms with Crippen LogP contribution >= 0.6 is 0 Å². The smallest absolute Gasteiger partial charge is 0 e. The van der Waals surface area contributed by atoms with Crippen molar-refractivity contribution in [2.45, 2.75) is 0 Å². The molecule has 0 bridgehead atoms. The van der Waals surface area contributed by atoms with Crippen LogP contribution in [-0.4, -0.2) is 0 Å². The normalized spacial score (nSPS) is 0.833. The molecule has 0 aliphatic carbocycles. The second-order valence-corrected chi connectivity index (χ2v) is 0. The van der Waals surface area contributed by atoms with Gasteiger partial charge in [0.15, 0.2) is 0 Å². The van der Waals surface area contributed by atoms with E-state index in [1.165, 1.54) is 0 Å². The van der Waals surface area contributed by atoms with Crippen molar-refractivity contribution in [2.24, 2.45) is 0 Å². The van der Waals surface area contributed by atoms with Crippen molar-refractivity contribution in [3.05, 3.63) is 0 Å². The number of hydrogen-bond donors (Lipinski definition) is 0. The summed E-state index contributed by atoms with van der Waals surface area (Å²) in [5.41, 5.74) is 0. The van der Waals surface area contributed by atoms with Gasteiger partial charge in [0.25, 0.3) is 0 Å². The average Bonchev–Trinajstić information content (AvgIpc) is 2.20. The van der Waals surface area contributed by atoms with E-state index in [0.717, 1.165) is 0 Å². The second-order valence-electron chi connectivity index (χ2n) is 0. The Labute approximate surface area is 90.7 Å². The van der Waals surface area contributed by atoms with Crippen molar-refractivity contribution < 1.29 is 57.3 Å². The van der Waals surface area contributed by atoms with Crippen LogP contribution in [-0.2, 0) is 40.3 Å². The third kappa shape index (κ3) is 8130. The van der Waals surface area contributed by atoms with Crippen LogP contribution in [0.2, 0.25) is 0 Å². The summed E-state index contributed by atoms with van der Waals surface area (Å²) in [4.78, 5) is 0. The van der Waals surface area contributed by atoms with E-state index in [4.69, 9.17) is 23.3 Å². The Morgan fingerprint density at radius 3 is 0.417 bits per heavy atom. The Morgan fingerprint density at radius 1 is 0.417 bits per heavy atom. The summed E-state index contributed by atoms with van der Waals surface area (Å²) in [7, 11) is 0. The quantitative estimate of drug-likeness (QED) is 0.334. The van der Waals surface area contributed by atoms with Gasteiger partial charge < -0.3 is 17.0 Å². The Hall–Kier alpha value is -0.301. The van der Waals surface area contributed by atoms with E-state index in [1.807, 2.05) is 0 Å². The van der Waals surface area contributed by atoms with E-state index in [2.05, 4.69) is 33.3 Å². The first-order valence-electron chi connectivity index (χ1n) is 1.18. The van der Waals surface area contributed by atoms with Gasteiger partial charge in [-0.25, -0.2) is 0 Å². The zero-order valence-corrected chi connectivity index (χ0v) is 8.45. The third-order valence-corrected chi connectivity index (χ3v) is 0. The monoisotopic (exact) mass is 279 g/mol. The standard InChI is InChI=1S/5CHO.BrH.Mn/c5*1-2;;/h5*1H;1H;/q5*+1;;/p-1. The predicted molar refractivity (Wildman–Crippen MR) is 28.2 cm³/mol. The first-order chi connectivity index (χ1) is 5.00. The topological polar surface area (TPSA) is 99.5 Å². The van der Waals surface area contributed by atoms with Gasteiger partial charge >= 0.3 is 56.5 Å². The predicted octanol–water partition coefficient (Wildman–Crippen LogP) is -2.97. The molecular weight excluding hydrogens is 275 g/mol. The van der Waals surface area contributed by atoms with Gasteiger partial charge in [-0.3, -0.25) is 0 Å². The molecule has 0 aliphatic rings. The molecule has 0 fully saturated rings. The molecule has 0 amide bonds. The van der Waals surface area contributed by atoms with Crippen LogP contribution in [0.3, 0.4) is 0 Å². The van der Waals surface area contributed by atoms with Gasteiger partial charge in [-0.15, -0.1) is 0 Å². The number of hydrogen-bond acceptors (Lipinski definition) is 0. The van der Waals surface area contributed by atoms with Crippen molar-refractivity contribution in [3.63, 3.8) is 0 Å². The van der Waals surface area contributed by atoms with Gasteiger partial charge in [-0.05, 0) is 0 Å². The molecular formula is C5H5BrMnO5+4. The van der Waals surface area contributed by atoms with E-state index < -0.39 is 0 Å². The number of halogens is 1. The van der Waals surface area contributed by atoms with E-state index in [-0.39, 0.29) is 34.1 Å². The maximum absolute atomic E-state index is 7.75. The molecule has 0 aromatic carbocycles. The second kappa shape index (κ2) is 11100. The summed E-state index contributed by atoms with van der Waals surface area (Å²) in [5.74, 6) is 0. The Bertz CT molecular complexity index is 78.4. The first kappa shape index (κ1) is 60.6. The summed E-state index contributed by atoms with van der Waals surface area (Å²) in [6, 6.07) is 0. The van der Waals surface area contributed by atoms with Crippen molar-refractivity contribution in [2.75, 3.05) is 0 Å². The van der Waals surface area contributed by atoms with Crippen molar-refractivity contribution in [1.29, 1.82) is 0 Å². The van der Waals surface area contributed by atoms with Crippen LogP contribution in [0.15, 0.2) is 0 Å². The van der Waals surface area contributed by atoms with Crippen LogP contribution in [0.4, 0.5) is 0 Å². The molecule has 0 saturated carbocycles. The molecule has 0 rings (SSSR count). The van der Waals surface area contributed by atoms with Gasteiger partial charge in [0, 0.05) is 17.1 Å². The Kier molecular flexibility index (Phi) is 56300. The molecule has 0 aromatic rings. The Morgan fingerprint density at radius 2 is 0.417 bits per heavy atom. The summed E-state index contributed by atoms with van der Waals surface area (Å²) in [6.07, 6.45) is 0. The molecule has 1 radical (unpaired) electrons. The van der Waals surface area contributed by atoms with E-state index in [1.54, 1.807) is 0 Å². The van der Waals surface area contributed by atoms with Gasteiger partial charge in [0.05, 0.1) is 0 Å². The van der Waals surface area contributed by atoms with Crippen LogP contribution < -0.4 is 17.0 Å². The molecule has 0 saturated heterocycles.